The fourth-order valence-electron chi connectivity index (χ4n) is 1.86. The minimum atomic E-state index is 0.144. The molecule has 82 valence electrons. The molecule has 0 heterocycles. The van der Waals surface area contributed by atoms with E-state index in [0.717, 1.165) is 13.0 Å². The zero-order valence-corrected chi connectivity index (χ0v) is 9.50. The summed E-state index contributed by atoms with van der Waals surface area (Å²) in [5, 5.41) is 3.19. The van der Waals surface area contributed by atoms with Crippen molar-refractivity contribution in [3.05, 3.63) is 0 Å². The molecular formula is C10H21N3O. The molecule has 0 aromatic carbocycles. The lowest BCUT2D eigenvalue weighted by atomic mass is 9.64. The Bertz CT molecular complexity index is 225. The van der Waals surface area contributed by atoms with Crippen molar-refractivity contribution < 1.29 is 4.74 Å². The summed E-state index contributed by atoms with van der Waals surface area (Å²) < 4.78 is 5.62. The average molecular weight is 199 g/mol. The fraction of sp³-hybridized carbons (Fsp3) is 0.900. The Morgan fingerprint density at radius 3 is 2.71 bits per heavy atom. The molecule has 3 N–H and O–H groups in total. The first-order valence-electron chi connectivity index (χ1n) is 5.12. The van der Waals surface area contributed by atoms with Gasteiger partial charge in [-0.1, -0.05) is 13.8 Å². The molecule has 1 fully saturated rings. The Balaban J connectivity index is 2.46. The van der Waals surface area contributed by atoms with Crippen molar-refractivity contribution in [3.63, 3.8) is 0 Å². The van der Waals surface area contributed by atoms with E-state index >= 15 is 0 Å². The molecule has 1 aliphatic carbocycles. The van der Waals surface area contributed by atoms with Gasteiger partial charge >= 0.3 is 0 Å². The van der Waals surface area contributed by atoms with Crippen molar-refractivity contribution in [1.29, 1.82) is 0 Å². The van der Waals surface area contributed by atoms with Crippen molar-refractivity contribution >= 4 is 5.96 Å². The quantitative estimate of drug-likeness (QED) is 0.520. The largest absolute Gasteiger partial charge is 0.378 e. The summed E-state index contributed by atoms with van der Waals surface area (Å²) in [5.74, 6) is 0.512. The van der Waals surface area contributed by atoms with Crippen molar-refractivity contribution in [2.24, 2.45) is 16.1 Å². The van der Waals surface area contributed by atoms with Gasteiger partial charge in [0.25, 0.3) is 0 Å². The molecule has 0 aromatic rings. The van der Waals surface area contributed by atoms with Gasteiger partial charge in [-0.25, -0.2) is 0 Å². The van der Waals surface area contributed by atoms with Gasteiger partial charge in [0.2, 0.25) is 0 Å². The standard InChI is InChI=1S/C10H21N3O/c1-5-14-8-6-7(10(8,2)3)13-9(11)12-4/h7-8H,5-6H2,1-4H3,(H3,11,12,13)/t7-,8+/m1/s1. The van der Waals surface area contributed by atoms with Crippen molar-refractivity contribution in [1.82, 2.24) is 5.32 Å². The van der Waals surface area contributed by atoms with Gasteiger partial charge < -0.3 is 15.8 Å². The molecule has 0 spiro atoms. The van der Waals surface area contributed by atoms with E-state index in [1.807, 2.05) is 6.92 Å². The van der Waals surface area contributed by atoms with Crippen LogP contribution in [0.5, 0.6) is 0 Å². The summed E-state index contributed by atoms with van der Waals surface area (Å²) in [6, 6.07) is 0.378. The van der Waals surface area contributed by atoms with E-state index in [-0.39, 0.29) is 5.41 Å². The Morgan fingerprint density at radius 2 is 2.29 bits per heavy atom. The predicted molar refractivity (Wildman–Crippen MR) is 58.3 cm³/mol. The van der Waals surface area contributed by atoms with E-state index < -0.39 is 0 Å². The van der Waals surface area contributed by atoms with Crippen LogP contribution in [0.3, 0.4) is 0 Å². The van der Waals surface area contributed by atoms with Gasteiger partial charge in [-0.15, -0.1) is 0 Å². The molecule has 2 atom stereocenters. The van der Waals surface area contributed by atoms with Crippen molar-refractivity contribution in [2.75, 3.05) is 13.7 Å². The number of hydrogen-bond donors (Lipinski definition) is 2. The van der Waals surface area contributed by atoms with E-state index in [1.54, 1.807) is 7.05 Å². The molecule has 0 unspecified atom stereocenters. The molecule has 14 heavy (non-hydrogen) atoms. The van der Waals surface area contributed by atoms with Gasteiger partial charge in [0.15, 0.2) is 5.96 Å². The first-order chi connectivity index (χ1) is 6.52. The highest BCUT2D eigenvalue weighted by atomic mass is 16.5. The van der Waals surface area contributed by atoms with E-state index in [4.69, 9.17) is 10.5 Å². The Kier molecular flexibility index (Phi) is 3.37. The molecule has 0 aliphatic heterocycles. The van der Waals surface area contributed by atoms with Crippen LogP contribution in [-0.4, -0.2) is 31.8 Å². The number of guanidine groups is 1. The Labute approximate surface area is 85.9 Å². The molecule has 1 saturated carbocycles. The number of aliphatic imine (C=N–C) groups is 1. The van der Waals surface area contributed by atoms with Crippen LogP contribution < -0.4 is 11.1 Å². The third kappa shape index (κ3) is 2.00. The second kappa shape index (κ2) is 4.17. The van der Waals surface area contributed by atoms with E-state index in [1.165, 1.54) is 0 Å². The highest BCUT2D eigenvalue weighted by Gasteiger charge is 2.49. The first-order valence-corrected chi connectivity index (χ1v) is 5.12. The third-order valence-electron chi connectivity index (χ3n) is 3.11. The molecule has 1 aliphatic rings. The lowest BCUT2D eigenvalue weighted by Gasteiger charge is -2.51. The molecule has 1 rings (SSSR count). The van der Waals surface area contributed by atoms with Crippen LogP contribution in [0.25, 0.3) is 0 Å². The molecule has 0 saturated heterocycles. The van der Waals surface area contributed by atoms with Gasteiger partial charge in [0.05, 0.1) is 6.10 Å². The number of ether oxygens (including phenoxy) is 1. The van der Waals surface area contributed by atoms with Gasteiger partial charge in [0.1, 0.15) is 0 Å². The van der Waals surface area contributed by atoms with Crippen LogP contribution in [0.4, 0.5) is 0 Å². The average Bonchev–Trinajstić information content (AvgIpc) is 2.16. The number of nitrogens with one attached hydrogen (secondary N) is 1. The lowest BCUT2D eigenvalue weighted by molar-refractivity contribution is -0.109. The predicted octanol–water partition coefficient (Wildman–Crippen LogP) is 0.724. The summed E-state index contributed by atoms with van der Waals surface area (Å²) in [7, 11) is 1.69. The summed E-state index contributed by atoms with van der Waals surface area (Å²) in [6.45, 7) is 7.19. The third-order valence-corrected chi connectivity index (χ3v) is 3.11. The summed E-state index contributed by atoms with van der Waals surface area (Å²) in [5.41, 5.74) is 5.77. The Morgan fingerprint density at radius 1 is 1.64 bits per heavy atom. The maximum atomic E-state index is 5.62. The molecule has 4 heteroatoms. The van der Waals surface area contributed by atoms with Gasteiger partial charge in [-0.05, 0) is 13.3 Å². The van der Waals surface area contributed by atoms with Crippen LogP contribution in [0, 0.1) is 5.41 Å². The fourth-order valence-corrected chi connectivity index (χ4v) is 1.86. The van der Waals surface area contributed by atoms with Crippen LogP contribution in [-0.2, 0) is 4.74 Å². The number of rotatable bonds is 3. The lowest BCUT2D eigenvalue weighted by Crippen LogP contribution is -2.63. The number of hydrogen-bond acceptors (Lipinski definition) is 2. The summed E-state index contributed by atoms with van der Waals surface area (Å²) in [4.78, 5) is 3.89. The van der Waals surface area contributed by atoms with E-state index in [9.17, 15) is 0 Å². The topological polar surface area (TPSA) is 59.6 Å². The van der Waals surface area contributed by atoms with Gasteiger partial charge in [-0.2, -0.15) is 0 Å². The highest BCUT2D eigenvalue weighted by molar-refractivity contribution is 5.78. The van der Waals surface area contributed by atoms with Crippen LogP contribution in [0.1, 0.15) is 27.2 Å². The smallest absolute Gasteiger partial charge is 0.188 e. The Hall–Kier alpha value is -0.770. The zero-order chi connectivity index (χ0) is 10.8. The zero-order valence-electron chi connectivity index (χ0n) is 9.50. The second-order valence-electron chi connectivity index (χ2n) is 4.31. The minimum Gasteiger partial charge on any atom is -0.378 e. The van der Waals surface area contributed by atoms with Crippen LogP contribution >= 0.6 is 0 Å². The second-order valence-corrected chi connectivity index (χ2v) is 4.31. The molecule has 0 radical (unpaired) electrons. The summed E-state index contributed by atoms with van der Waals surface area (Å²) >= 11 is 0. The maximum absolute atomic E-state index is 5.62. The molecule has 4 nitrogen and oxygen atoms in total. The number of nitrogens with two attached hydrogens (primary N) is 1. The first kappa shape index (κ1) is 11.3. The monoisotopic (exact) mass is 199 g/mol. The van der Waals surface area contributed by atoms with Crippen LogP contribution in [0.15, 0.2) is 4.99 Å². The maximum Gasteiger partial charge on any atom is 0.188 e. The molecule has 0 aromatic heterocycles. The molecule has 0 bridgehead atoms. The van der Waals surface area contributed by atoms with E-state index in [2.05, 4.69) is 24.2 Å². The molecular weight excluding hydrogens is 178 g/mol. The van der Waals surface area contributed by atoms with Crippen molar-refractivity contribution in [3.8, 4) is 0 Å². The normalized spacial score (nSPS) is 31.0. The summed E-state index contributed by atoms with van der Waals surface area (Å²) in [6.07, 6.45) is 1.35. The van der Waals surface area contributed by atoms with Crippen molar-refractivity contribution in [2.45, 2.75) is 39.3 Å². The highest BCUT2D eigenvalue weighted by Crippen LogP contribution is 2.42. The SMILES string of the molecule is CCO[C@H]1C[C@@H](NC(N)=NC)C1(C)C. The van der Waals surface area contributed by atoms with E-state index in [0.29, 0.717) is 18.1 Å². The number of nitrogens with zero attached hydrogens (tertiary/aromatic N) is 1. The van der Waals surface area contributed by atoms with Gasteiger partial charge in [0, 0.05) is 25.1 Å². The van der Waals surface area contributed by atoms with Gasteiger partial charge in [-0.3, -0.25) is 4.99 Å². The minimum absolute atomic E-state index is 0.144. The molecule has 0 amide bonds. The van der Waals surface area contributed by atoms with Crippen LogP contribution in [0.2, 0.25) is 0 Å².